The lowest BCUT2D eigenvalue weighted by molar-refractivity contribution is 0.0602. The number of hydrogen-bond acceptors (Lipinski definition) is 6. The highest BCUT2D eigenvalue weighted by Crippen LogP contribution is 2.33. The molecule has 0 unspecified atom stereocenters. The van der Waals surface area contributed by atoms with Crippen molar-refractivity contribution in [1.29, 1.82) is 0 Å². The molecular formula is C13H15N3O3. The Bertz CT molecular complexity index is 627. The van der Waals surface area contributed by atoms with Crippen molar-refractivity contribution in [2.24, 2.45) is 0 Å². The SMILES string of the molecule is COC(=O)c1cc(-c2c(C)noc2C)cc(N)c1N. The lowest BCUT2D eigenvalue weighted by atomic mass is 9.99. The first-order valence-electron chi connectivity index (χ1n) is 5.66. The summed E-state index contributed by atoms with van der Waals surface area (Å²) >= 11 is 0. The summed E-state index contributed by atoms with van der Waals surface area (Å²) in [6.45, 7) is 3.61. The fourth-order valence-electron chi connectivity index (χ4n) is 1.99. The molecule has 19 heavy (non-hydrogen) atoms. The van der Waals surface area contributed by atoms with E-state index in [4.69, 9.17) is 20.7 Å². The number of rotatable bonds is 2. The first-order chi connectivity index (χ1) is 8.95. The third kappa shape index (κ3) is 2.12. The number of nitrogens with zero attached hydrogens (tertiary/aromatic N) is 1. The number of carbonyl (C=O) groups is 1. The Hall–Kier alpha value is -2.50. The zero-order valence-electron chi connectivity index (χ0n) is 11.0. The van der Waals surface area contributed by atoms with Crippen molar-refractivity contribution in [3.05, 3.63) is 29.2 Å². The van der Waals surface area contributed by atoms with Crippen molar-refractivity contribution in [3.8, 4) is 11.1 Å². The summed E-state index contributed by atoms with van der Waals surface area (Å²) in [5.41, 5.74) is 14.6. The number of carbonyl (C=O) groups excluding carboxylic acids is 1. The van der Waals surface area contributed by atoms with Crippen LogP contribution in [0.4, 0.5) is 11.4 Å². The maximum absolute atomic E-state index is 11.7. The van der Waals surface area contributed by atoms with E-state index in [1.54, 1.807) is 19.1 Å². The van der Waals surface area contributed by atoms with Crippen LogP contribution in [0, 0.1) is 13.8 Å². The number of aromatic nitrogens is 1. The summed E-state index contributed by atoms with van der Waals surface area (Å²) in [7, 11) is 1.29. The molecule has 0 saturated heterocycles. The number of aryl methyl sites for hydroxylation is 2. The Morgan fingerprint density at radius 2 is 2.00 bits per heavy atom. The Balaban J connectivity index is 2.67. The van der Waals surface area contributed by atoms with Crippen LogP contribution < -0.4 is 11.5 Å². The van der Waals surface area contributed by atoms with Gasteiger partial charge in [0.05, 0.1) is 29.7 Å². The van der Waals surface area contributed by atoms with Gasteiger partial charge in [0.25, 0.3) is 0 Å². The number of benzene rings is 1. The molecule has 1 heterocycles. The smallest absolute Gasteiger partial charge is 0.340 e. The van der Waals surface area contributed by atoms with E-state index in [1.165, 1.54) is 7.11 Å². The van der Waals surface area contributed by atoms with Gasteiger partial charge in [-0.15, -0.1) is 0 Å². The monoisotopic (exact) mass is 261 g/mol. The lowest BCUT2D eigenvalue weighted by Gasteiger charge is -2.10. The predicted molar refractivity (Wildman–Crippen MR) is 71.6 cm³/mol. The molecule has 1 aromatic carbocycles. The molecule has 6 nitrogen and oxygen atoms in total. The van der Waals surface area contributed by atoms with Crippen LogP contribution >= 0.6 is 0 Å². The normalized spacial score (nSPS) is 10.5. The van der Waals surface area contributed by atoms with Crippen molar-refractivity contribution in [2.45, 2.75) is 13.8 Å². The molecule has 0 amide bonds. The minimum Gasteiger partial charge on any atom is -0.465 e. The Morgan fingerprint density at radius 3 is 2.53 bits per heavy atom. The van der Waals surface area contributed by atoms with Gasteiger partial charge in [0.1, 0.15) is 5.76 Å². The fraction of sp³-hybridized carbons (Fsp3) is 0.231. The van der Waals surface area contributed by atoms with Gasteiger partial charge in [0.15, 0.2) is 0 Å². The molecule has 0 atom stereocenters. The minimum atomic E-state index is -0.530. The minimum absolute atomic E-state index is 0.211. The molecule has 0 saturated carbocycles. The van der Waals surface area contributed by atoms with Gasteiger partial charge in [-0.05, 0) is 31.5 Å². The van der Waals surface area contributed by atoms with Crippen molar-refractivity contribution in [1.82, 2.24) is 5.16 Å². The molecule has 0 aliphatic carbocycles. The number of anilines is 2. The van der Waals surface area contributed by atoms with Gasteiger partial charge < -0.3 is 20.7 Å². The number of nitrogens with two attached hydrogens (primary N) is 2. The Kier molecular flexibility index (Phi) is 3.16. The topological polar surface area (TPSA) is 104 Å². The highest BCUT2D eigenvalue weighted by molar-refractivity contribution is 6.00. The first kappa shape index (κ1) is 12.9. The highest BCUT2D eigenvalue weighted by atomic mass is 16.5. The van der Waals surface area contributed by atoms with Crippen LogP contribution in [-0.4, -0.2) is 18.2 Å². The van der Waals surface area contributed by atoms with E-state index in [0.29, 0.717) is 11.4 Å². The zero-order valence-corrected chi connectivity index (χ0v) is 11.0. The Labute approximate surface area is 110 Å². The number of methoxy groups -OCH3 is 1. The van der Waals surface area contributed by atoms with Crippen LogP contribution in [-0.2, 0) is 4.74 Å². The van der Waals surface area contributed by atoms with Crippen LogP contribution in [0.25, 0.3) is 11.1 Å². The Morgan fingerprint density at radius 1 is 1.32 bits per heavy atom. The van der Waals surface area contributed by atoms with E-state index in [1.807, 2.05) is 6.92 Å². The van der Waals surface area contributed by atoms with Crippen LogP contribution in [0.3, 0.4) is 0 Å². The second-order valence-electron chi connectivity index (χ2n) is 4.22. The van der Waals surface area contributed by atoms with E-state index in [9.17, 15) is 4.79 Å². The molecule has 1 aromatic heterocycles. The molecule has 0 aliphatic rings. The predicted octanol–water partition coefficient (Wildman–Crippen LogP) is 1.91. The van der Waals surface area contributed by atoms with Gasteiger partial charge >= 0.3 is 5.97 Å². The van der Waals surface area contributed by atoms with Crippen LogP contribution in [0.1, 0.15) is 21.8 Å². The van der Waals surface area contributed by atoms with E-state index < -0.39 is 5.97 Å². The number of nitrogen functional groups attached to an aromatic ring is 2. The van der Waals surface area contributed by atoms with Crippen LogP contribution in [0.15, 0.2) is 16.7 Å². The quantitative estimate of drug-likeness (QED) is 0.632. The van der Waals surface area contributed by atoms with Crippen molar-refractivity contribution < 1.29 is 14.1 Å². The van der Waals surface area contributed by atoms with Gasteiger partial charge in [-0.2, -0.15) is 0 Å². The van der Waals surface area contributed by atoms with Crippen molar-refractivity contribution in [3.63, 3.8) is 0 Å². The second-order valence-corrected chi connectivity index (χ2v) is 4.22. The van der Waals surface area contributed by atoms with E-state index >= 15 is 0 Å². The summed E-state index contributed by atoms with van der Waals surface area (Å²) in [5, 5.41) is 3.88. The largest absolute Gasteiger partial charge is 0.465 e. The highest BCUT2D eigenvalue weighted by Gasteiger charge is 2.18. The summed E-state index contributed by atoms with van der Waals surface area (Å²) in [4.78, 5) is 11.7. The van der Waals surface area contributed by atoms with E-state index in [0.717, 1.165) is 16.8 Å². The van der Waals surface area contributed by atoms with Gasteiger partial charge in [0.2, 0.25) is 0 Å². The summed E-state index contributed by atoms with van der Waals surface area (Å²) < 4.78 is 9.80. The van der Waals surface area contributed by atoms with Gasteiger partial charge in [-0.25, -0.2) is 4.79 Å². The summed E-state index contributed by atoms with van der Waals surface area (Å²) in [6, 6.07) is 3.32. The number of hydrogen-bond donors (Lipinski definition) is 2. The molecule has 0 bridgehead atoms. The number of esters is 1. The molecule has 0 aliphatic heterocycles. The number of ether oxygens (including phenoxy) is 1. The van der Waals surface area contributed by atoms with Crippen molar-refractivity contribution >= 4 is 17.3 Å². The second kappa shape index (κ2) is 4.64. The standard InChI is InChI=1S/C13H15N3O3/c1-6-11(7(2)19-16-6)8-4-9(13(17)18-3)12(15)10(14)5-8/h4-5H,14-15H2,1-3H3. The molecule has 6 heteroatoms. The fourth-order valence-corrected chi connectivity index (χ4v) is 1.99. The zero-order chi connectivity index (χ0) is 14.2. The maximum atomic E-state index is 11.7. The van der Waals surface area contributed by atoms with Crippen LogP contribution in [0.5, 0.6) is 0 Å². The molecule has 0 spiro atoms. The van der Waals surface area contributed by atoms with Gasteiger partial charge in [-0.3, -0.25) is 0 Å². The molecule has 2 aromatic rings. The van der Waals surface area contributed by atoms with Crippen molar-refractivity contribution in [2.75, 3.05) is 18.6 Å². The van der Waals surface area contributed by atoms with Gasteiger partial charge in [-0.1, -0.05) is 5.16 Å². The molecule has 2 rings (SSSR count). The summed E-state index contributed by atoms with van der Waals surface area (Å²) in [5.74, 6) is 0.121. The van der Waals surface area contributed by atoms with E-state index in [2.05, 4.69) is 5.16 Å². The van der Waals surface area contributed by atoms with Crippen LogP contribution in [0.2, 0.25) is 0 Å². The van der Waals surface area contributed by atoms with Gasteiger partial charge in [0, 0.05) is 5.56 Å². The van der Waals surface area contributed by atoms with E-state index in [-0.39, 0.29) is 11.3 Å². The first-order valence-corrected chi connectivity index (χ1v) is 5.66. The molecule has 0 fully saturated rings. The lowest BCUT2D eigenvalue weighted by Crippen LogP contribution is -2.08. The maximum Gasteiger partial charge on any atom is 0.340 e. The molecule has 4 N–H and O–H groups in total. The molecule has 0 radical (unpaired) electrons. The average molecular weight is 261 g/mol. The summed E-state index contributed by atoms with van der Waals surface area (Å²) in [6.07, 6.45) is 0. The third-order valence-electron chi connectivity index (χ3n) is 2.94. The molecule has 100 valence electrons. The molecular weight excluding hydrogens is 246 g/mol. The third-order valence-corrected chi connectivity index (χ3v) is 2.94. The average Bonchev–Trinajstić information content (AvgIpc) is 2.71.